The summed E-state index contributed by atoms with van der Waals surface area (Å²) in [5.74, 6) is 0.0231. The predicted octanol–water partition coefficient (Wildman–Crippen LogP) is 1.61. The number of hydrogen-bond donors (Lipinski definition) is 2. The SMILES string of the molecule is O=C(CC1COCCN1)Nc1cccc(I)c1. The molecule has 92 valence electrons. The van der Waals surface area contributed by atoms with Gasteiger partial charge in [-0.05, 0) is 40.8 Å². The summed E-state index contributed by atoms with van der Waals surface area (Å²) in [7, 11) is 0. The molecule has 1 aromatic carbocycles. The minimum Gasteiger partial charge on any atom is -0.378 e. The van der Waals surface area contributed by atoms with E-state index in [0.717, 1.165) is 22.4 Å². The quantitative estimate of drug-likeness (QED) is 0.818. The van der Waals surface area contributed by atoms with Crippen LogP contribution in [0.1, 0.15) is 6.42 Å². The Kier molecular flexibility index (Phi) is 4.75. The lowest BCUT2D eigenvalue weighted by molar-refractivity contribution is -0.117. The van der Waals surface area contributed by atoms with Crippen molar-refractivity contribution >= 4 is 34.2 Å². The molecule has 0 aliphatic carbocycles. The minimum atomic E-state index is 0.0231. The van der Waals surface area contributed by atoms with Crippen LogP contribution >= 0.6 is 22.6 Å². The van der Waals surface area contributed by atoms with Gasteiger partial charge < -0.3 is 15.4 Å². The molecule has 5 heteroatoms. The molecule has 1 aromatic rings. The fourth-order valence-corrected chi connectivity index (χ4v) is 2.30. The van der Waals surface area contributed by atoms with E-state index >= 15 is 0 Å². The van der Waals surface area contributed by atoms with Crippen LogP contribution in [0.15, 0.2) is 24.3 Å². The van der Waals surface area contributed by atoms with Gasteiger partial charge in [0.1, 0.15) is 0 Å². The largest absolute Gasteiger partial charge is 0.378 e. The van der Waals surface area contributed by atoms with Crippen LogP contribution in [0.25, 0.3) is 0 Å². The predicted molar refractivity (Wildman–Crippen MR) is 75.0 cm³/mol. The lowest BCUT2D eigenvalue weighted by Gasteiger charge is -2.23. The van der Waals surface area contributed by atoms with Crippen LogP contribution in [-0.4, -0.2) is 31.7 Å². The summed E-state index contributed by atoms with van der Waals surface area (Å²) in [5, 5.41) is 6.15. The van der Waals surface area contributed by atoms with Gasteiger partial charge in [-0.1, -0.05) is 6.07 Å². The number of nitrogens with one attached hydrogen (secondary N) is 2. The van der Waals surface area contributed by atoms with Crippen LogP contribution in [0.5, 0.6) is 0 Å². The molecule has 17 heavy (non-hydrogen) atoms. The van der Waals surface area contributed by atoms with Gasteiger partial charge in [0.25, 0.3) is 0 Å². The van der Waals surface area contributed by atoms with E-state index in [4.69, 9.17) is 4.74 Å². The molecular formula is C12H15IN2O2. The smallest absolute Gasteiger partial charge is 0.226 e. The molecule has 1 unspecified atom stereocenters. The van der Waals surface area contributed by atoms with Gasteiger partial charge in [0.15, 0.2) is 0 Å². The topological polar surface area (TPSA) is 50.4 Å². The number of morpholine rings is 1. The average molecular weight is 346 g/mol. The Morgan fingerprint density at radius 1 is 1.59 bits per heavy atom. The Morgan fingerprint density at radius 2 is 2.47 bits per heavy atom. The zero-order valence-corrected chi connectivity index (χ0v) is 11.6. The van der Waals surface area contributed by atoms with E-state index in [0.29, 0.717) is 13.0 Å². The highest BCUT2D eigenvalue weighted by Crippen LogP contribution is 2.13. The van der Waals surface area contributed by atoms with E-state index in [1.165, 1.54) is 0 Å². The molecule has 1 aliphatic heterocycles. The van der Waals surface area contributed by atoms with Gasteiger partial charge >= 0.3 is 0 Å². The third kappa shape index (κ3) is 4.25. The highest BCUT2D eigenvalue weighted by Gasteiger charge is 2.16. The maximum atomic E-state index is 11.8. The minimum absolute atomic E-state index is 0.0231. The van der Waals surface area contributed by atoms with Crippen LogP contribution in [0, 0.1) is 3.57 Å². The van der Waals surface area contributed by atoms with Crippen LogP contribution in [0.2, 0.25) is 0 Å². The fraction of sp³-hybridized carbons (Fsp3) is 0.417. The summed E-state index contributed by atoms with van der Waals surface area (Å²) in [4.78, 5) is 11.8. The summed E-state index contributed by atoms with van der Waals surface area (Å²) in [6.07, 6.45) is 0.450. The third-order valence-electron chi connectivity index (χ3n) is 2.54. The molecule has 0 spiro atoms. The molecule has 1 aliphatic rings. The van der Waals surface area contributed by atoms with Crippen molar-refractivity contribution in [3.8, 4) is 0 Å². The zero-order chi connectivity index (χ0) is 12.1. The molecule has 1 heterocycles. The van der Waals surface area contributed by atoms with E-state index < -0.39 is 0 Å². The maximum absolute atomic E-state index is 11.8. The molecule has 0 bridgehead atoms. The van der Waals surface area contributed by atoms with E-state index in [1.807, 2.05) is 24.3 Å². The standard InChI is InChI=1S/C12H15IN2O2/c13-9-2-1-3-10(6-9)15-12(16)7-11-8-17-5-4-14-11/h1-3,6,11,14H,4-5,7-8H2,(H,15,16). The lowest BCUT2D eigenvalue weighted by Crippen LogP contribution is -2.43. The normalized spacial score (nSPS) is 19.9. The van der Waals surface area contributed by atoms with Crippen molar-refractivity contribution < 1.29 is 9.53 Å². The van der Waals surface area contributed by atoms with Crippen molar-refractivity contribution in [1.29, 1.82) is 0 Å². The molecule has 2 N–H and O–H groups in total. The number of carbonyl (C=O) groups is 1. The van der Waals surface area contributed by atoms with Crippen LogP contribution in [-0.2, 0) is 9.53 Å². The first kappa shape index (κ1) is 12.8. The second kappa shape index (κ2) is 6.32. The summed E-state index contributed by atoms with van der Waals surface area (Å²) < 4.78 is 6.42. The van der Waals surface area contributed by atoms with Crippen LogP contribution in [0.3, 0.4) is 0 Å². The highest BCUT2D eigenvalue weighted by molar-refractivity contribution is 14.1. The Labute approximate surface area is 114 Å². The Morgan fingerprint density at radius 3 is 3.18 bits per heavy atom. The number of rotatable bonds is 3. The number of carbonyl (C=O) groups excluding carboxylic acids is 1. The molecule has 1 saturated heterocycles. The number of amides is 1. The first-order chi connectivity index (χ1) is 8.24. The molecule has 0 aromatic heterocycles. The molecular weight excluding hydrogens is 331 g/mol. The van der Waals surface area contributed by atoms with Gasteiger partial charge in [-0.25, -0.2) is 0 Å². The van der Waals surface area contributed by atoms with E-state index in [9.17, 15) is 4.79 Å². The van der Waals surface area contributed by atoms with Gasteiger partial charge in [0.2, 0.25) is 5.91 Å². The summed E-state index contributed by atoms with van der Waals surface area (Å²) in [6.45, 7) is 2.16. The van der Waals surface area contributed by atoms with Crippen molar-refractivity contribution in [2.45, 2.75) is 12.5 Å². The lowest BCUT2D eigenvalue weighted by atomic mass is 10.2. The van der Waals surface area contributed by atoms with E-state index in [-0.39, 0.29) is 11.9 Å². The second-order valence-corrected chi connectivity index (χ2v) is 5.23. The third-order valence-corrected chi connectivity index (χ3v) is 3.21. The first-order valence-electron chi connectivity index (χ1n) is 5.60. The molecule has 1 fully saturated rings. The van der Waals surface area contributed by atoms with E-state index in [2.05, 4.69) is 33.2 Å². The summed E-state index contributed by atoms with van der Waals surface area (Å²) >= 11 is 2.22. The number of benzene rings is 1. The maximum Gasteiger partial charge on any atom is 0.226 e. The number of hydrogen-bond acceptors (Lipinski definition) is 3. The van der Waals surface area contributed by atoms with Gasteiger partial charge in [-0.3, -0.25) is 4.79 Å². The van der Waals surface area contributed by atoms with Crippen molar-refractivity contribution in [1.82, 2.24) is 5.32 Å². The molecule has 0 radical (unpaired) electrons. The average Bonchev–Trinajstić information content (AvgIpc) is 2.30. The van der Waals surface area contributed by atoms with Gasteiger partial charge in [-0.2, -0.15) is 0 Å². The summed E-state index contributed by atoms with van der Waals surface area (Å²) in [6, 6.07) is 7.90. The number of ether oxygens (including phenoxy) is 1. The fourth-order valence-electron chi connectivity index (χ4n) is 1.75. The van der Waals surface area contributed by atoms with Crippen molar-refractivity contribution in [3.63, 3.8) is 0 Å². The second-order valence-electron chi connectivity index (χ2n) is 3.99. The Hall–Kier alpha value is -0.660. The van der Waals surface area contributed by atoms with Gasteiger partial charge in [0, 0.05) is 28.3 Å². The Balaban J connectivity index is 1.84. The highest BCUT2D eigenvalue weighted by atomic mass is 127. The van der Waals surface area contributed by atoms with Crippen molar-refractivity contribution in [2.24, 2.45) is 0 Å². The molecule has 2 rings (SSSR count). The Bertz CT molecular complexity index is 392. The van der Waals surface area contributed by atoms with Gasteiger partial charge in [-0.15, -0.1) is 0 Å². The van der Waals surface area contributed by atoms with Crippen molar-refractivity contribution in [2.75, 3.05) is 25.1 Å². The van der Waals surface area contributed by atoms with E-state index in [1.54, 1.807) is 0 Å². The van der Waals surface area contributed by atoms with Crippen LogP contribution < -0.4 is 10.6 Å². The monoisotopic (exact) mass is 346 g/mol. The molecule has 4 nitrogen and oxygen atoms in total. The summed E-state index contributed by atoms with van der Waals surface area (Å²) in [5.41, 5.74) is 0.846. The number of anilines is 1. The molecule has 1 amide bonds. The first-order valence-corrected chi connectivity index (χ1v) is 6.68. The molecule has 0 saturated carbocycles. The number of halogens is 1. The molecule has 1 atom stereocenters. The van der Waals surface area contributed by atoms with Crippen molar-refractivity contribution in [3.05, 3.63) is 27.8 Å². The van der Waals surface area contributed by atoms with Crippen LogP contribution in [0.4, 0.5) is 5.69 Å². The zero-order valence-electron chi connectivity index (χ0n) is 9.41. The van der Waals surface area contributed by atoms with Gasteiger partial charge in [0.05, 0.1) is 13.2 Å².